The molecule has 0 saturated carbocycles. The number of likely N-dealkylation sites (N-methyl/N-ethyl adjacent to an activating group) is 1. The van der Waals surface area contributed by atoms with E-state index in [0.717, 1.165) is 42.6 Å². The molecule has 3 heterocycles. The van der Waals surface area contributed by atoms with Crippen molar-refractivity contribution >= 4 is 23.5 Å². The van der Waals surface area contributed by atoms with Gasteiger partial charge in [-0.2, -0.15) is 0 Å². The Bertz CT molecular complexity index is 719. The first-order chi connectivity index (χ1) is 12.6. The number of nitrogens with zero attached hydrogens (tertiary/aromatic N) is 4. The third-order valence-corrected chi connectivity index (χ3v) is 5.48. The van der Waals surface area contributed by atoms with Gasteiger partial charge in [-0.25, -0.2) is 9.97 Å². The second-order valence-corrected chi connectivity index (χ2v) is 7.78. The van der Waals surface area contributed by atoms with Crippen LogP contribution >= 0.6 is 11.8 Å². The largest absolute Gasteiger partial charge is 0.354 e. The van der Waals surface area contributed by atoms with Gasteiger partial charge in [0.2, 0.25) is 5.91 Å². The molecule has 26 heavy (non-hydrogen) atoms. The molecule has 7 heteroatoms. The van der Waals surface area contributed by atoms with Crippen LogP contribution in [0.15, 0.2) is 47.8 Å². The van der Waals surface area contributed by atoms with E-state index >= 15 is 0 Å². The zero-order valence-electron chi connectivity index (χ0n) is 15.3. The van der Waals surface area contributed by atoms with Gasteiger partial charge in [-0.3, -0.25) is 4.79 Å². The molecule has 1 aliphatic heterocycles. The number of pyridine rings is 2. The summed E-state index contributed by atoms with van der Waals surface area (Å²) in [7, 11) is 2.14. The van der Waals surface area contributed by atoms with Gasteiger partial charge in [0.25, 0.3) is 0 Å². The molecule has 138 valence electrons. The quantitative estimate of drug-likeness (QED) is 0.784. The highest BCUT2D eigenvalue weighted by Crippen LogP contribution is 2.21. The molecule has 1 amide bonds. The SMILES string of the molecule is CC(Sc1ccccn1)C(=O)NCc1cccnc1N1CCN(C)CC1. The molecule has 1 aliphatic rings. The van der Waals surface area contributed by atoms with Crippen LogP contribution in [0.1, 0.15) is 12.5 Å². The van der Waals surface area contributed by atoms with E-state index in [9.17, 15) is 4.79 Å². The average molecular weight is 372 g/mol. The van der Waals surface area contributed by atoms with E-state index in [1.807, 2.05) is 43.5 Å². The molecule has 1 fully saturated rings. The van der Waals surface area contributed by atoms with E-state index < -0.39 is 0 Å². The summed E-state index contributed by atoms with van der Waals surface area (Å²) in [5.41, 5.74) is 1.06. The number of anilines is 1. The summed E-state index contributed by atoms with van der Waals surface area (Å²) in [6.07, 6.45) is 3.56. The Morgan fingerprint density at radius 1 is 1.15 bits per heavy atom. The monoisotopic (exact) mass is 371 g/mol. The van der Waals surface area contributed by atoms with Gasteiger partial charge in [-0.15, -0.1) is 0 Å². The van der Waals surface area contributed by atoms with E-state index in [1.165, 1.54) is 11.8 Å². The van der Waals surface area contributed by atoms with Crippen molar-refractivity contribution < 1.29 is 4.79 Å². The molecular weight excluding hydrogens is 346 g/mol. The molecule has 1 N–H and O–H groups in total. The lowest BCUT2D eigenvalue weighted by Crippen LogP contribution is -2.45. The van der Waals surface area contributed by atoms with Gasteiger partial charge in [0.05, 0.1) is 10.3 Å². The number of rotatable bonds is 6. The summed E-state index contributed by atoms with van der Waals surface area (Å²) >= 11 is 1.46. The summed E-state index contributed by atoms with van der Waals surface area (Å²) in [6, 6.07) is 9.68. The van der Waals surface area contributed by atoms with Crippen molar-refractivity contribution in [1.29, 1.82) is 0 Å². The molecule has 1 saturated heterocycles. The first kappa shape index (κ1) is 18.7. The maximum Gasteiger partial charge on any atom is 0.233 e. The molecule has 0 aromatic carbocycles. The fourth-order valence-electron chi connectivity index (χ4n) is 2.85. The van der Waals surface area contributed by atoms with Crippen molar-refractivity contribution in [2.45, 2.75) is 23.7 Å². The lowest BCUT2D eigenvalue weighted by Gasteiger charge is -2.34. The third-order valence-electron chi connectivity index (χ3n) is 4.43. The van der Waals surface area contributed by atoms with Crippen LogP contribution in [0.25, 0.3) is 0 Å². The molecule has 6 nitrogen and oxygen atoms in total. The molecule has 0 spiro atoms. The smallest absolute Gasteiger partial charge is 0.233 e. The summed E-state index contributed by atoms with van der Waals surface area (Å²) < 4.78 is 0. The Hall–Kier alpha value is -2.12. The van der Waals surface area contributed by atoms with Gasteiger partial charge < -0.3 is 15.1 Å². The number of aromatic nitrogens is 2. The number of amides is 1. The maximum atomic E-state index is 12.5. The maximum absolute atomic E-state index is 12.5. The van der Waals surface area contributed by atoms with E-state index in [0.29, 0.717) is 6.54 Å². The van der Waals surface area contributed by atoms with E-state index in [4.69, 9.17) is 0 Å². The molecule has 0 bridgehead atoms. The standard InChI is InChI=1S/C19H25N5OS/c1-15(26-17-7-3-4-8-20-17)19(25)22-14-16-6-5-9-21-18(16)24-12-10-23(2)11-13-24/h3-9,15H,10-14H2,1-2H3,(H,22,25). The second-order valence-electron chi connectivity index (χ2n) is 6.42. The van der Waals surface area contributed by atoms with E-state index in [1.54, 1.807) is 6.20 Å². The zero-order chi connectivity index (χ0) is 18.4. The van der Waals surface area contributed by atoms with Crippen LogP contribution in [0, 0.1) is 0 Å². The van der Waals surface area contributed by atoms with Crippen LogP contribution in [0.5, 0.6) is 0 Å². The van der Waals surface area contributed by atoms with Gasteiger partial charge >= 0.3 is 0 Å². The van der Waals surface area contributed by atoms with Gasteiger partial charge in [-0.1, -0.05) is 23.9 Å². The van der Waals surface area contributed by atoms with Gasteiger partial charge in [0.15, 0.2) is 0 Å². The van der Waals surface area contributed by atoms with Crippen LogP contribution in [0.2, 0.25) is 0 Å². The minimum Gasteiger partial charge on any atom is -0.354 e. The average Bonchev–Trinajstić information content (AvgIpc) is 2.68. The van der Waals surface area contributed by atoms with Crippen LogP contribution in [-0.4, -0.2) is 59.3 Å². The van der Waals surface area contributed by atoms with Crippen molar-refractivity contribution in [3.05, 3.63) is 48.3 Å². The number of piperazine rings is 1. The number of carbonyl (C=O) groups is 1. The summed E-state index contributed by atoms with van der Waals surface area (Å²) in [6.45, 7) is 6.36. The van der Waals surface area contributed by atoms with Gasteiger partial charge in [0, 0.05) is 50.7 Å². The van der Waals surface area contributed by atoms with Crippen LogP contribution in [-0.2, 0) is 11.3 Å². The number of hydrogen-bond acceptors (Lipinski definition) is 6. The lowest BCUT2D eigenvalue weighted by atomic mass is 10.2. The highest BCUT2D eigenvalue weighted by atomic mass is 32.2. The first-order valence-corrected chi connectivity index (χ1v) is 9.74. The number of thioether (sulfide) groups is 1. The normalized spacial score (nSPS) is 16.3. The minimum absolute atomic E-state index is 0.00818. The Morgan fingerprint density at radius 3 is 2.65 bits per heavy atom. The van der Waals surface area contributed by atoms with E-state index in [-0.39, 0.29) is 11.2 Å². The van der Waals surface area contributed by atoms with E-state index in [2.05, 4.69) is 32.1 Å². The molecule has 0 radical (unpaired) electrons. The Balaban J connectivity index is 1.58. The minimum atomic E-state index is -0.200. The van der Waals surface area contributed by atoms with Crippen molar-refractivity contribution in [1.82, 2.24) is 20.2 Å². The van der Waals surface area contributed by atoms with Crippen LogP contribution in [0.3, 0.4) is 0 Å². The van der Waals surface area contributed by atoms with Crippen molar-refractivity contribution in [3.8, 4) is 0 Å². The van der Waals surface area contributed by atoms with Crippen molar-refractivity contribution in [3.63, 3.8) is 0 Å². The van der Waals surface area contributed by atoms with Gasteiger partial charge in [0.1, 0.15) is 5.82 Å². The van der Waals surface area contributed by atoms with Crippen LogP contribution in [0.4, 0.5) is 5.82 Å². The summed E-state index contributed by atoms with van der Waals surface area (Å²) in [5, 5.41) is 3.70. The van der Waals surface area contributed by atoms with Crippen molar-refractivity contribution in [2.24, 2.45) is 0 Å². The molecule has 2 aromatic rings. The molecule has 0 aliphatic carbocycles. The topological polar surface area (TPSA) is 61.4 Å². The van der Waals surface area contributed by atoms with Gasteiger partial charge in [-0.05, 0) is 32.2 Å². The number of nitrogens with one attached hydrogen (secondary N) is 1. The summed E-state index contributed by atoms with van der Waals surface area (Å²) in [4.78, 5) is 25.9. The highest BCUT2D eigenvalue weighted by Gasteiger charge is 2.19. The summed E-state index contributed by atoms with van der Waals surface area (Å²) in [5.74, 6) is 0.986. The predicted molar refractivity (Wildman–Crippen MR) is 105 cm³/mol. The number of hydrogen-bond donors (Lipinski definition) is 1. The van der Waals surface area contributed by atoms with Crippen LogP contribution < -0.4 is 10.2 Å². The first-order valence-electron chi connectivity index (χ1n) is 8.86. The Labute approximate surface area is 159 Å². The predicted octanol–water partition coefficient (Wildman–Crippen LogP) is 2.03. The lowest BCUT2D eigenvalue weighted by molar-refractivity contribution is -0.120. The highest BCUT2D eigenvalue weighted by molar-refractivity contribution is 8.00. The Kier molecular flexibility index (Phi) is 6.46. The Morgan fingerprint density at radius 2 is 1.92 bits per heavy atom. The molecule has 1 atom stereocenters. The third kappa shape index (κ3) is 4.95. The fraction of sp³-hybridized carbons (Fsp3) is 0.421. The number of carbonyl (C=O) groups excluding carboxylic acids is 1. The fourth-order valence-corrected chi connectivity index (χ4v) is 3.68. The molecular formula is C19H25N5OS. The zero-order valence-corrected chi connectivity index (χ0v) is 16.1. The van der Waals surface area contributed by atoms with Crippen molar-refractivity contribution in [2.75, 3.05) is 38.1 Å². The second kappa shape index (κ2) is 9.00. The molecule has 2 aromatic heterocycles. The molecule has 3 rings (SSSR count). The molecule has 1 unspecified atom stereocenters.